The molecule has 3 saturated heterocycles. The van der Waals surface area contributed by atoms with Crippen molar-refractivity contribution in [3.8, 4) is 5.75 Å². The first-order chi connectivity index (χ1) is 18.3. The zero-order valence-electron chi connectivity index (χ0n) is 22.6. The van der Waals surface area contributed by atoms with Crippen LogP contribution in [0.2, 0.25) is 0 Å². The average molecular weight is 525 g/mol. The van der Waals surface area contributed by atoms with Crippen molar-refractivity contribution in [3.63, 3.8) is 0 Å². The fourth-order valence-corrected chi connectivity index (χ4v) is 6.37. The van der Waals surface area contributed by atoms with E-state index in [9.17, 15) is 19.2 Å². The highest BCUT2D eigenvalue weighted by Gasteiger charge is 2.39. The van der Waals surface area contributed by atoms with Crippen molar-refractivity contribution in [1.29, 1.82) is 0 Å². The van der Waals surface area contributed by atoms with Crippen LogP contribution in [0.3, 0.4) is 0 Å². The second kappa shape index (κ2) is 11.4. The fraction of sp³-hybridized carbons (Fsp3) is 0.655. The Morgan fingerprint density at radius 3 is 2.58 bits per heavy atom. The molecule has 0 radical (unpaired) electrons. The van der Waals surface area contributed by atoms with Crippen LogP contribution < -0.4 is 10.1 Å². The van der Waals surface area contributed by atoms with Gasteiger partial charge in [-0.1, -0.05) is 0 Å². The van der Waals surface area contributed by atoms with Crippen LogP contribution in [-0.4, -0.2) is 82.7 Å². The first-order valence-electron chi connectivity index (χ1n) is 14.2. The van der Waals surface area contributed by atoms with Crippen molar-refractivity contribution < 1.29 is 23.9 Å². The molecule has 4 aliphatic heterocycles. The maximum Gasteiger partial charge on any atom is 0.255 e. The number of piperidine rings is 3. The number of rotatable bonds is 7. The Bertz CT molecular complexity index is 1080. The number of nitrogens with zero attached hydrogens (tertiary/aromatic N) is 3. The maximum absolute atomic E-state index is 13.3. The summed E-state index contributed by atoms with van der Waals surface area (Å²) in [5, 5.41) is 2.34. The predicted molar refractivity (Wildman–Crippen MR) is 141 cm³/mol. The summed E-state index contributed by atoms with van der Waals surface area (Å²) in [6, 6.07) is 5.41. The number of hydrogen-bond acceptors (Lipinski definition) is 6. The molecular weight excluding hydrogens is 484 g/mol. The van der Waals surface area contributed by atoms with Crippen molar-refractivity contribution in [2.75, 3.05) is 26.2 Å². The molecule has 1 N–H and O–H groups in total. The first-order valence-corrected chi connectivity index (χ1v) is 14.2. The van der Waals surface area contributed by atoms with Crippen LogP contribution >= 0.6 is 0 Å². The molecule has 0 bridgehead atoms. The second-order valence-corrected chi connectivity index (χ2v) is 11.5. The number of imide groups is 1. The fourth-order valence-electron chi connectivity index (χ4n) is 6.37. The summed E-state index contributed by atoms with van der Waals surface area (Å²) in [6.45, 7) is 8.15. The van der Waals surface area contributed by atoms with Crippen LogP contribution in [0.25, 0.3) is 0 Å². The Labute approximate surface area is 224 Å². The number of carbonyl (C=O) groups is 4. The van der Waals surface area contributed by atoms with Gasteiger partial charge >= 0.3 is 0 Å². The van der Waals surface area contributed by atoms with Crippen LogP contribution in [-0.2, 0) is 20.9 Å². The first kappa shape index (κ1) is 26.7. The molecule has 2 atom stereocenters. The summed E-state index contributed by atoms with van der Waals surface area (Å²) in [4.78, 5) is 56.1. The SMILES string of the molecule is CC(C)N1CCC(CC(=O)N2CCCC[C@@H]2COc2ccc3c(c2)CN(C2CCC(=O)NC2=O)C3=O)CC1. The van der Waals surface area contributed by atoms with E-state index in [0.29, 0.717) is 49.3 Å². The number of likely N-dealkylation sites (tertiary alicyclic amines) is 2. The molecule has 9 heteroatoms. The molecule has 0 aromatic heterocycles. The lowest BCUT2D eigenvalue weighted by atomic mass is 9.91. The molecule has 1 unspecified atom stereocenters. The van der Waals surface area contributed by atoms with Gasteiger partial charge in [0, 0.05) is 37.5 Å². The average Bonchev–Trinajstić information content (AvgIpc) is 3.23. The summed E-state index contributed by atoms with van der Waals surface area (Å²) in [5.41, 5.74) is 1.39. The van der Waals surface area contributed by atoms with Gasteiger partial charge in [0.25, 0.3) is 5.91 Å². The van der Waals surface area contributed by atoms with Gasteiger partial charge in [-0.25, -0.2) is 0 Å². The molecule has 38 heavy (non-hydrogen) atoms. The topological polar surface area (TPSA) is 99.3 Å². The lowest BCUT2D eigenvalue weighted by molar-refractivity contribution is -0.138. The molecule has 0 spiro atoms. The van der Waals surface area contributed by atoms with Crippen molar-refractivity contribution >= 4 is 23.6 Å². The maximum atomic E-state index is 13.3. The molecule has 206 valence electrons. The lowest BCUT2D eigenvalue weighted by Crippen LogP contribution is -2.52. The molecular formula is C29H40N4O5. The molecule has 3 fully saturated rings. The molecule has 0 aliphatic carbocycles. The van der Waals surface area contributed by atoms with Crippen molar-refractivity contribution in [2.24, 2.45) is 5.92 Å². The number of hydrogen-bond donors (Lipinski definition) is 1. The van der Waals surface area contributed by atoms with Crippen LogP contribution in [0.1, 0.15) is 81.1 Å². The summed E-state index contributed by atoms with van der Waals surface area (Å²) >= 11 is 0. The quantitative estimate of drug-likeness (QED) is 0.551. The summed E-state index contributed by atoms with van der Waals surface area (Å²) in [6.07, 6.45) is 6.43. The number of fused-ring (bicyclic) bond motifs is 1. The third kappa shape index (κ3) is 5.72. The van der Waals surface area contributed by atoms with Crippen molar-refractivity contribution in [2.45, 2.75) is 89.9 Å². The normalized spacial score (nSPS) is 25.1. The Hall–Kier alpha value is -2.94. The number of benzene rings is 1. The predicted octanol–water partition coefficient (Wildman–Crippen LogP) is 2.72. The van der Waals surface area contributed by atoms with E-state index >= 15 is 0 Å². The van der Waals surface area contributed by atoms with E-state index in [1.165, 1.54) is 0 Å². The van der Waals surface area contributed by atoms with E-state index in [4.69, 9.17) is 4.74 Å². The van der Waals surface area contributed by atoms with Crippen LogP contribution in [0.5, 0.6) is 5.75 Å². The number of carbonyl (C=O) groups excluding carboxylic acids is 4. The summed E-state index contributed by atoms with van der Waals surface area (Å²) in [5.74, 6) is 0.484. The van der Waals surface area contributed by atoms with E-state index in [1.54, 1.807) is 17.0 Å². The highest BCUT2D eigenvalue weighted by atomic mass is 16.5. The van der Waals surface area contributed by atoms with Crippen molar-refractivity contribution in [3.05, 3.63) is 29.3 Å². The van der Waals surface area contributed by atoms with Crippen LogP contribution in [0, 0.1) is 5.92 Å². The highest BCUT2D eigenvalue weighted by molar-refractivity contribution is 6.05. The molecule has 9 nitrogen and oxygen atoms in total. The van der Waals surface area contributed by atoms with Crippen molar-refractivity contribution in [1.82, 2.24) is 20.0 Å². The summed E-state index contributed by atoms with van der Waals surface area (Å²) < 4.78 is 6.18. The third-order valence-corrected chi connectivity index (χ3v) is 8.73. The minimum atomic E-state index is -0.628. The van der Waals surface area contributed by atoms with Gasteiger partial charge in [-0.3, -0.25) is 24.5 Å². The van der Waals surface area contributed by atoms with E-state index < -0.39 is 11.9 Å². The minimum Gasteiger partial charge on any atom is -0.491 e. The Kier molecular flexibility index (Phi) is 8.02. The monoisotopic (exact) mass is 524 g/mol. The summed E-state index contributed by atoms with van der Waals surface area (Å²) in [7, 11) is 0. The van der Waals surface area contributed by atoms with E-state index in [0.717, 1.165) is 57.3 Å². The number of nitrogens with one attached hydrogen (secondary N) is 1. The Morgan fingerprint density at radius 1 is 1.05 bits per heavy atom. The van der Waals surface area contributed by atoms with Gasteiger partial charge in [-0.05, 0) is 95.1 Å². The smallest absolute Gasteiger partial charge is 0.255 e. The number of amides is 4. The van der Waals surface area contributed by atoms with Gasteiger partial charge < -0.3 is 19.4 Å². The highest BCUT2D eigenvalue weighted by Crippen LogP contribution is 2.31. The third-order valence-electron chi connectivity index (χ3n) is 8.73. The largest absolute Gasteiger partial charge is 0.491 e. The van der Waals surface area contributed by atoms with Gasteiger partial charge in [-0.2, -0.15) is 0 Å². The van der Waals surface area contributed by atoms with Gasteiger partial charge in [0.1, 0.15) is 18.4 Å². The Balaban J connectivity index is 1.16. The number of ether oxygens (including phenoxy) is 1. The van der Waals surface area contributed by atoms with E-state index in [-0.39, 0.29) is 30.2 Å². The van der Waals surface area contributed by atoms with Gasteiger partial charge in [0.05, 0.1) is 6.04 Å². The minimum absolute atomic E-state index is 0.0573. The van der Waals surface area contributed by atoms with Crippen LogP contribution in [0.4, 0.5) is 0 Å². The van der Waals surface area contributed by atoms with Crippen LogP contribution in [0.15, 0.2) is 18.2 Å². The van der Waals surface area contributed by atoms with Gasteiger partial charge in [0.2, 0.25) is 17.7 Å². The zero-order chi connectivity index (χ0) is 26.8. The molecule has 4 aliphatic rings. The zero-order valence-corrected chi connectivity index (χ0v) is 22.6. The van der Waals surface area contributed by atoms with Gasteiger partial charge in [0.15, 0.2) is 0 Å². The Morgan fingerprint density at radius 2 is 1.84 bits per heavy atom. The lowest BCUT2D eigenvalue weighted by Gasteiger charge is -2.38. The standard InChI is InChI=1S/C29H40N4O5/c1-19(2)31-13-10-20(11-14-31)15-27(35)32-12-4-3-5-22(32)18-38-23-6-7-24-21(16-23)17-33(29(24)37)25-8-9-26(34)30-28(25)36/h6-7,16,19-20,22,25H,3-5,8-15,17-18H2,1-2H3,(H,30,34,36)/t22-,25?/m1/s1. The molecule has 5 rings (SSSR count). The molecule has 4 amide bonds. The molecule has 0 saturated carbocycles. The van der Waals surface area contributed by atoms with E-state index in [1.807, 2.05) is 11.0 Å². The molecule has 4 heterocycles. The molecule has 1 aromatic carbocycles. The molecule has 1 aromatic rings. The van der Waals surface area contributed by atoms with Gasteiger partial charge in [-0.15, -0.1) is 0 Å². The van der Waals surface area contributed by atoms with E-state index in [2.05, 4.69) is 24.1 Å². The second-order valence-electron chi connectivity index (χ2n) is 11.5.